The Balaban J connectivity index is 1.63. The third-order valence-electron chi connectivity index (χ3n) is 4.27. The summed E-state index contributed by atoms with van der Waals surface area (Å²) in [5, 5.41) is 3.88. The van der Waals surface area contributed by atoms with Crippen LogP contribution in [0, 0.1) is 12.8 Å². The van der Waals surface area contributed by atoms with Gasteiger partial charge in [0.25, 0.3) is 0 Å². The Morgan fingerprint density at radius 1 is 1.42 bits per heavy atom. The molecule has 24 heavy (non-hydrogen) atoms. The van der Waals surface area contributed by atoms with Gasteiger partial charge in [0, 0.05) is 32.5 Å². The van der Waals surface area contributed by atoms with Crippen LogP contribution >= 0.6 is 0 Å². The maximum absolute atomic E-state index is 12.8. The Labute approximate surface area is 141 Å². The summed E-state index contributed by atoms with van der Waals surface area (Å²) in [5.74, 6) is 2.09. The molecule has 1 aromatic heterocycles. The van der Waals surface area contributed by atoms with Crippen molar-refractivity contribution in [1.29, 1.82) is 0 Å². The summed E-state index contributed by atoms with van der Waals surface area (Å²) >= 11 is 0. The summed E-state index contributed by atoms with van der Waals surface area (Å²) in [6, 6.07) is 6.59. The monoisotopic (exact) mass is 351 g/mol. The molecule has 130 valence electrons. The highest BCUT2D eigenvalue weighted by Gasteiger charge is 2.32. The first-order chi connectivity index (χ1) is 11.5. The molecule has 1 fully saturated rings. The SMILES string of the molecule is COc1cccc(S(=O)(=O)N2CCC(CCc3noc(C)n3)C2)c1. The molecular formula is C16H21N3O4S. The van der Waals surface area contributed by atoms with Crippen LogP contribution in [-0.4, -0.2) is 43.1 Å². The van der Waals surface area contributed by atoms with E-state index in [0.717, 1.165) is 12.8 Å². The van der Waals surface area contributed by atoms with E-state index in [9.17, 15) is 8.42 Å². The van der Waals surface area contributed by atoms with E-state index < -0.39 is 10.0 Å². The quantitative estimate of drug-likeness (QED) is 0.791. The van der Waals surface area contributed by atoms with Gasteiger partial charge >= 0.3 is 0 Å². The number of nitrogens with zero attached hydrogens (tertiary/aromatic N) is 3. The second-order valence-corrected chi connectivity index (χ2v) is 7.90. The summed E-state index contributed by atoms with van der Waals surface area (Å²) in [7, 11) is -1.95. The molecule has 1 aliphatic rings. The lowest BCUT2D eigenvalue weighted by Crippen LogP contribution is -2.29. The number of rotatable bonds is 6. The molecule has 0 N–H and O–H groups in total. The van der Waals surface area contributed by atoms with Crippen LogP contribution in [0.2, 0.25) is 0 Å². The van der Waals surface area contributed by atoms with Crippen molar-refractivity contribution >= 4 is 10.0 Å². The lowest BCUT2D eigenvalue weighted by atomic mass is 10.0. The Kier molecular flexibility index (Phi) is 4.86. The smallest absolute Gasteiger partial charge is 0.243 e. The van der Waals surface area contributed by atoms with E-state index in [-0.39, 0.29) is 4.90 Å². The molecular weight excluding hydrogens is 330 g/mol. The molecule has 0 aliphatic carbocycles. The largest absolute Gasteiger partial charge is 0.497 e. The van der Waals surface area contributed by atoms with E-state index in [1.807, 2.05) is 0 Å². The minimum Gasteiger partial charge on any atom is -0.497 e. The van der Waals surface area contributed by atoms with Gasteiger partial charge in [0.2, 0.25) is 15.9 Å². The number of benzene rings is 1. The van der Waals surface area contributed by atoms with Gasteiger partial charge < -0.3 is 9.26 Å². The molecule has 2 heterocycles. The van der Waals surface area contributed by atoms with Gasteiger partial charge in [-0.3, -0.25) is 0 Å². The molecule has 1 aromatic carbocycles. The molecule has 0 spiro atoms. The second-order valence-electron chi connectivity index (χ2n) is 5.97. The third kappa shape index (κ3) is 3.59. The predicted molar refractivity (Wildman–Crippen MR) is 87.2 cm³/mol. The van der Waals surface area contributed by atoms with Crippen LogP contribution in [0.1, 0.15) is 24.6 Å². The van der Waals surface area contributed by atoms with E-state index in [1.54, 1.807) is 35.5 Å². The summed E-state index contributed by atoms with van der Waals surface area (Å²) in [6.07, 6.45) is 2.40. The summed E-state index contributed by atoms with van der Waals surface area (Å²) in [5.41, 5.74) is 0. The Morgan fingerprint density at radius 2 is 2.25 bits per heavy atom. The van der Waals surface area contributed by atoms with Crippen LogP contribution in [0.5, 0.6) is 5.75 Å². The average Bonchev–Trinajstić information content (AvgIpc) is 3.22. The topological polar surface area (TPSA) is 85.5 Å². The Morgan fingerprint density at radius 3 is 2.96 bits per heavy atom. The van der Waals surface area contributed by atoms with Gasteiger partial charge in [0.1, 0.15) is 5.75 Å². The number of ether oxygens (including phenoxy) is 1. The number of hydrogen-bond donors (Lipinski definition) is 0. The van der Waals surface area contributed by atoms with Crippen LogP contribution < -0.4 is 4.74 Å². The number of sulfonamides is 1. The molecule has 0 amide bonds. The van der Waals surface area contributed by atoms with Crippen LogP contribution in [0.25, 0.3) is 0 Å². The van der Waals surface area contributed by atoms with Crippen molar-refractivity contribution in [3.8, 4) is 5.75 Å². The molecule has 2 aromatic rings. The van der Waals surface area contributed by atoms with Crippen molar-refractivity contribution < 1.29 is 17.7 Å². The van der Waals surface area contributed by atoms with Gasteiger partial charge in [-0.2, -0.15) is 9.29 Å². The normalized spacial score (nSPS) is 18.8. The minimum absolute atomic E-state index is 0.274. The van der Waals surface area contributed by atoms with Crippen LogP contribution in [0.15, 0.2) is 33.7 Å². The highest BCUT2D eigenvalue weighted by atomic mass is 32.2. The van der Waals surface area contributed by atoms with Crippen molar-refractivity contribution in [2.75, 3.05) is 20.2 Å². The minimum atomic E-state index is -3.48. The first-order valence-corrected chi connectivity index (χ1v) is 9.36. The van der Waals surface area contributed by atoms with Gasteiger partial charge in [0.15, 0.2) is 5.82 Å². The molecule has 0 bridgehead atoms. The van der Waals surface area contributed by atoms with Gasteiger partial charge in [-0.25, -0.2) is 8.42 Å². The fourth-order valence-corrected chi connectivity index (χ4v) is 4.50. The van der Waals surface area contributed by atoms with E-state index in [0.29, 0.717) is 42.9 Å². The number of aromatic nitrogens is 2. The van der Waals surface area contributed by atoms with Crippen molar-refractivity contribution in [2.45, 2.75) is 31.1 Å². The van der Waals surface area contributed by atoms with Crippen molar-refractivity contribution in [3.05, 3.63) is 36.0 Å². The molecule has 8 heteroatoms. The summed E-state index contributed by atoms with van der Waals surface area (Å²) in [6.45, 7) is 2.82. The van der Waals surface area contributed by atoms with Crippen molar-refractivity contribution in [3.63, 3.8) is 0 Å². The molecule has 1 unspecified atom stereocenters. The summed E-state index contributed by atoms with van der Waals surface area (Å²) < 4.78 is 37.1. The zero-order valence-corrected chi connectivity index (χ0v) is 14.6. The fraction of sp³-hybridized carbons (Fsp3) is 0.500. The van der Waals surface area contributed by atoms with E-state index in [2.05, 4.69) is 10.1 Å². The van der Waals surface area contributed by atoms with E-state index in [4.69, 9.17) is 9.26 Å². The lowest BCUT2D eigenvalue weighted by Gasteiger charge is -2.17. The molecule has 1 aliphatic heterocycles. The highest BCUT2D eigenvalue weighted by Crippen LogP contribution is 2.28. The zero-order valence-electron chi connectivity index (χ0n) is 13.8. The van der Waals surface area contributed by atoms with Crippen LogP contribution in [-0.2, 0) is 16.4 Å². The average molecular weight is 351 g/mol. The summed E-state index contributed by atoms with van der Waals surface area (Å²) in [4.78, 5) is 4.46. The van der Waals surface area contributed by atoms with Gasteiger partial charge in [-0.05, 0) is 30.9 Å². The van der Waals surface area contributed by atoms with Gasteiger partial charge in [0.05, 0.1) is 12.0 Å². The van der Waals surface area contributed by atoms with Crippen molar-refractivity contribution in [2.24, 2.45) is 5.92 Å². The predicted octanol–water partition coefficient (Wildman–Crippen LogP) is 2.03. The van der Waals surface area contributed by atoms with Crippen molar-refractivity contribution in [1.82, 2.24) is 14.4 Å². The molecule has 0 saturated carbocycles. The highest BCUT2D eigenvalue weighted by molar-refractivity contribution is 7.89. The Hall–Kier alpha value is -1.93. The van der Waals surface area contributed by atoms with Crippen LogP contribution in [0.4, 0.5) is 0 Å². The molecule has 3 rings (SSSR count). The molecule has 7 nitrogen and oxygen atoms in total. The zero-order chi connectivity index (χ0) is 17.2. The number of methoxy groups -OCH3 is 1. The molecule has 1 atom stereocenters. The maximum Gasteiger partial charge on any atom is 0.243 e. The molecule has 1 saturated heterocycles. The van der Waals surface area contributed by atoms with E-state index >= 15 is 0 Å². The standard InChI is InChI=1S/C16H21N3O4S/c1-12-17-16(18-23-12)7-6-13-8-9-19(11-13)24(20,21)15-5-3-4-14(10-15)22-2/h3-5,10,13H,6-9,11H2,1-2H3. The second kappa shape index (κ2) is 6.90. The third-order valence-corrected chi connectivity index (χ3v) is 6.13. The Bertz CT molecular complexity index is 803. The van der Waals surface area contributed by atoms with E-state index in [1.165, 1.54) is 7.11 Å². The fourth-order valence-electron chi connectivity index (χ4n) is 2.94. The lowest BCUT2D eigenvalue weighted by molar-refractivity contribution is 0.383. The number of aryl methyl sites for hydroxylation is 2. The first-order valence-electron chi connectivity index (χ1n) is 7.92. The van der Waals surface area contributed by atoms with Crippen LogP contribution in [0.3, 0.4) is 0 Å². The van der Waals surface area contributed by atoms with Gasteiger partial charge in [-0.15, -0.1) is 0 Å². The van der Waals surface area contributed by atoms with Gasteiger partial charge in [-0.1, -0.05) is 11.2 Å². The molecule has 0 radical (unpaired) electrons. The maximum atomic E-state index is 12.8. The first kappa shape index (κ1) is 16.9. The number of hydrogen-bond acceptors (Lipinski definition) is 6.